The Kier molecular flexibility index (Phi) is 5.45. The van der Waals surface area contributed by atoms with Crippen LogP contribution >= 0.6 is 0 Å². The Bertz CT molecular complexity index is 1200. The van der Waals surface area contributed by atoms with Gasteiger partial charge in [-0.25, -0.2) is 4.39 Å². The first-order valence-electron chi connectivity index (χ1n) is 10.2. The molecule has 1 unspecified atom stereocenters. The Hall–Kier alpha value is -3.52. The van der Waals surface area contributed by atoms with Gasteiger partial charge >= 0.3 is 0 Å². The summed E-state index contributed by atoms with van der Waals surface area (Å²) in [6.45, 7) is 0.432. The molecule has 3 aromatic carbocycles. The van der Waals surface area contributed by atoms with Crippen molar-refractivity contribution in [3.05, 3.63) is 94.3 Å². The van der Waals surface area contributed by atoms with Crippen molar-refractivity contribution in [1.29, 1.82) is 0 Å². The molecule has 1 atom stereocenters. The number of amides is 1. The minimum absolute atomic E-state index is 0.0748. The number of fused-ring (bicyclic) bond motifs is 2. The third kappa shape index (κ3) is 3.67. The summed E-state index contributed by atoms with van der Waals surface area (Å²) in [4.78, 5) is 14.7. The molecule has 2 aliphatic heterocycles. The fourth-order valence-corrected chi connectivity index (χ4v) is 4.24. The van der Waals surface area contributed by atoms with E-state index in [-0.39, 0.29) is 25.9 Å². The first kappa shape index (κ1) is 20.4. The molecule has 2 heterocycles. The molecule has 0 saturated carbocycles. The molecule has 32 heavy (non-hydrogen) atoms. The van der Waals surface area contributed by atoms with Gasteiger partial charge in [-0.3, -0.25) is 4.79 Å². The molecular weight excluding hydrogens is 411 g/mol. The maximum absolute atomic E-state index is 14.2. The van der Waals surface area contributed by atoms with Gasteiger partial charge in [0.2, 0.25) is 0 Å². The quantitative estimate of drug-likeness (QED) is 0.461. The van der Waals surface area contributed by atoms with Crippen LogP contribution in [-0.2, 0) is 22.7 Å². The number of halogens is 1. The van der Waals surface area contributed by atoms with Gasteiger partial charge in [0.15, 0.2) is 6.79 Å². The van der Waals surface area contributed by atoms with Crippen molar-refractivity contribution in [3.63, 3.8) is 0 Å². The summed E-state index contributed by atoms with van der Waals surface area (Å²) in [5, 5.41) is 9.79. The monoisotopic (exact) mass is 432 g/mol. The van der Waals surface area contributed by atoms with Crippen LogP contribution in [0.25, 0.3) is 12.2 Å². The Morgan fingerprint density at radius 2 is 1.97 bits per heavy atom. The maximum atomic E-state index is 14.2. The Morgan fingerprint density at radius 3 is 2.78 bits per heavy atom. The summed E-state index contributed by atoms with van der Waals surface area (Å²) in [5.41, 5.74) is 6.45. The molecule has 162 valence electrons. The number of rotatable bonds is 5. The van der Waals surface area contributed by atoms with Crippen molar-refractivity contribution < 1.29 is 23.9 Å². The Morgan fingerprint density at radius 1 is 1.12 bits per heavy atom. The molecule has 7 heteroatoms. The van der Waals surface area contributed by atoms with E-state index in [2.05, 4.69) is 5.48 Å². The molecule has 0 fully saturated rings. The standard InChI is InChI=1S/C25H21FN2O4/c26-20-11-18(24-19(12-20)14-31-15-32-24)13-28-21-8-4-7-17(22(21)23(27-30)25(28)29)10-9-16-5-2-1-3-6-16/h1-12,23,27,30H,13-15H2/b10-9+. The number of anilines is 1. The Balaban J connectivity index is 1.53. The predicted molar refractivity (Wildman–Crippen MR) is 117 cm³/mol. The summed E-state index contributed by atoms with van der Waals surface area (Å²) in [5.74, 6) is -0.211. The summed E-state index contributed by atoms with van der Waals surface area (Å²) in [6.07, 6.45) is 3.87. The van der Waals surface area contributed by atoms with Crippen molar-refractivity contribution in [2.24, 2.45) is 0 Å². The van der Waals surface area contributed by atoms with Gasteiger partial charge in [0.1, 0.15) is 17.6 Å². The molecule has 0 saturated heterocycles. The number of carbonyl (C=O) groups excluding carboxylic acids is 1. The van der Waals surface area contributed by atoms with Crippen LogP contribution in [0.15, 0.2) is 60.7 Å². The lowest BCUT2D eigenvalue weighted by Crippen LogP contribution is -2.33. The van der Waals surface area contributed by atoms with Gasteiger partial charge in [-0.15, -0.1) is 0 Å². The average Bonchev–Trinajstić information content (AvgIpc) is 3.09. The summed E-state index contributed by atoms with van der Waals surface area (Å²) < 4.78 is 25.1. The molecule has 0 aliphatic carbocycles. The molecule has 2 aliphatic rings. The van der Waals surface area contributed by atoms with E-state index in [0.29, 0.717) is 28.1 Å². The lowest BCUT2D eigenvalue weighted by atomic mass is 10.0. The number of hydrogen-bond acceptors (Lipinski definition) is 5. The van der Waals surface area contributed by atoms with Crippen LogP contribution in [-0.4, -0.2) is 17.9 Å². The summed E-state index contributed by atoms with van der Waals surface area (Å²) in [6, 6.07) is 17.2. The van der Waals surface area contributed by atoms with Gasteiger partial charge in [0.05, 0.1) is 18.8 Å². The van der Waals surface area contributed by atoms with E-state index < -0.39 is 11.9 Å². The van der Waals surface area contributed by atoms with Crippen molar-refractivity contribution in [3.8, 4) is 5.75 Å². The molecule has 0 radical (unpaired) electrons. The fourth-order valence-electron chi connectivity index (χ4n) is 4.24. The lowest BCUT2D eigenvalue weighted by Gasteiger charge is -2.24. The minimum atomic E-state index is -0.921. The number of nitrogens with zero attached hydrogens (tertiary/aromatic N) is 1. The molecule has 1 amide bonds. The number of hydroxylamine groups is 1. The van der Waals surface area contributed by atoms with Crippen LogP contribution in [0.5, 0.6) is 5.75 Å². The highest BCUT2D eigenvalue weighted by Gasteiger charge is 2.39. The highest BCUT2D eigenvalue weighted by atomic mass is 19.1. The average molecular weight is 432 g/mol. The molecule has 3 aromatic rings. The first-order valence-corrected chi connectivity index (χ1v) is 10.2. The van der Waals surface area contributed by atoms with Crippen LogP contribution in [0.3, 0.4) is 0 Å². The summed E-state index contributed by atoms with van der Waals surface area (Å²) in [7, 11) is 0. The van der Waals surface area contributed by atoms with Crippen LogP contribution in [0.1, 0.15) is 33.9 Å². The molecule has 0 bridgehead atoms. The smallest absolute Gasteiger partial charge is 0.251 e. The van der Waals surface area contributed by atoms with E-state index in [1.54, 1.807) is 0 Å². The minimum Gasteiger partial charge on any atom is -0.467 e. The zero-order valence-electron chi connectivity index (χ0n) is 17.1. The van der Waals surface area contributed by atoms with E-state index >= 15 is 0 Å². The number of hydrogen-bond donors (Lipinski definition) is 2. The normalized spacial score (nSPS) is 17.4. The number of ether oxygens (including phenoxy) is 2. The maximum Gasteiger partial charge on any atom is 0.251 e. The van der Waals surface area contributed by atoms with E-state index in [1.807, 2.05) is 60.7 Å². The van der Waals surface area contributed by atoms with Gasteiger partial charge < -0.3 is 19.6 Å². The van der Waals surface area contributed by atoms with Crippen molar-refractivity contribution in [1.82, 2.24) is 5.48 Å². The highest BCUT2D eigenvalue weighted by Crippen LogP contribution is 2.41. The van der Waals surface area contributed by atoms with E-state index in [0.717, 1.165) is 11.1 Å². The van der Waals surface area contributed by atoms with E-state index in [4.69, 9.17) is 9.47 Å². The molecule has 5 rings (SSSR count). The molecule has 0 spiro atoms. The van der Waals surface area contributed by atoms with Gasteiger partial charge in [0, 0.05) is 16.7 Å². The van der Waals surface area contributed by atoms with Crippen molar-refractivity contribution in [2.45, 2.75) is 19.2 Å². The van der Waals surface area contributed by atoms with Crippen molar-refractivity contribution >= 4 is 23.7 Å². The van der Waals surface area contributed by atoms with Gasteiger partial charge in [0.25, 0.3) is 5.91 Å². The van der Waals surface area contributed by atoms with Crippen LogP contribution in [0, 0.1) is 5.82 Å². The zero-order chi connectivity index (χ0) is 22.1. The largest absolute Gasteiger partial charge is 0.467 e. The van der Waals surface area contributed by atoms with Gasteiger partial charge in [-0.05, 0) is 29.3 Å². The Labute approximate surface area is 184 Å². The second-order valence-electron chi connectivity index (χ2n) is 7.67. The molecule has 0 aromatic heterocycles. The third-order valence-electron chi connectivity index (χ3n) is 5.67. The SMILES string of the molecule is O=C1C(NO)c2c(/C=C/c3ccccc3)cccc2N1Cc1cc(F)cc2c1OCOC2. The highest BCUT2D eigenvalue weighted by molar-refractivity contribution is 6.06. The van der Waals surface area contributed by atoms with Gasteiger partial charge in [-0.2, -0.15) is 5.48 Å². The predicted octanol–water partition coefficient (Wildman–Crippen LogP) is 4.43. The second-order valence-corrected chi connectivity index (χ2v) is 7.67. The van der Waals surface area contributed by atoms with Crippen molar-refractivity contribution in [2.75, 3.05) is 11.7 Å². The van der Waals surface area contributed by atoms with Gasteiger partial charge in [-0.1, -0.05) is 54.6 Å². The first-order chi connectivity index (χ1) is 15.7. The zero-order valence-corrected chi connectivity index (χ0v) is 17.1. The second kappa shape index (κ2) is 8.55. The third-order valence-corrected chi connectivity index (χ3v) is 5.67. The fraction of sp³-hybridized carbons (Fsp3) is 0.160. The van der Waals surface area contributed by atoms with E-state index in [1.165, 1.54) is 17.0 Å². The molecular formula is C25H21FN2O4. The van der Waals surface area contributed by atoms with E-state index in [9.17, 15) is 14.4 Å². The summed E-state index contributed by atoms with van der Waals surface area (Å²) >= 11 is 0. The number of benzene rings is 3. The molecule has 6 nitrogen and oxygen atoms in total. The van der Waals surface area contributed by atoms with Crippen LogP contribution < -0.4 is 15.1 Å². The topological polar surface area (TPSA) is 71.0 Å². The lowest BCUT2D eigenvalue weighted by molar-refractivity contribution is -0.122. The number of carbonyl (C=O) groups is 1. The molecule has 2 N–H and O–H groups in total. The van der Waals surface area contributed by atoms with Crippen LogP contribution in [0.2, 0.25) is 0 Å². The number of nitrogens with one attached hydrogen (secondary N) is 1. The van der Waals surface area contributed by atoms with Crippen LogP contribution in [0.4, 0.5) is 10.1 Å².